The summed E-state index contributed by atoms with van der Waals surface area (Å²) < 4.78 is 5.41. The molecule has 0 fully saturated rings. The van der Waals surface area contributed by atoms with Crippen molar-refractivity contribution in [2.75, 3.05) is 0 Å². The van der Waals surface area contributed by atoms with E-state index >= 15 is 0 Å². The van der Waals surface area contributed by atoms with Crippen LogP contribution in [-0.4, -0.2) is 16.0 Å². The molecule has 0 aliphatic rings. The minimum absolute atomic E-state index is 0.00228. The van der Waals surface area contributed by atoms with E-state index in [2.05, 4.69) is 0 Å². The first-order chi connectivity index (χ1) is 9.99. The van der Waals surface area contributed by atoms with E-state index < -0.39 is 10.9 Å². The molecule has 0 aliphatic heterocycles. The standard InChI is InChI=1S/C14H10ClNO5/c15-11-5-2-6-12(13(11)14(17)18)21-8-9-3-1-4-10(7-9)16(19)20/h1-7H,8H2,(H,17,18). The number of nitro groups is 1. The first-order valence-corrected chi connectivity index (χ1v) is 6.25. The lowest BCUT2D eigenvalue weighted by Crippen LogP contribution is -2.04. The van der Waals surface area contributed by atoms with Crippen molar-refractivity contribution in [2.45, 2.75) is 6.61 Å². The molecule has 6 nitrogen and oxygen atoms in total. The lowest BCUT2D eigenvalue weighted by Gasteiger charge is -2.10. The van der Waals surface area contributed by atoms with Gasteiger partial charge in [0.2, 0.25) is 0 Å². The highest BCUT2D eigenvalue weighted by Crippen LogP contribution is 2.27. The number of carboxylic acids is 1. The number of nitro benzene ring substituents is 1. The topological polar surface area (TPSA) is 89.7 Å². The van der Waals surface area contributed by atoms with Crippen molar-refractivity contribution in [3.05, 3.63) is 68.7 Å². The monoisotopic (exact) mass is 307 g/mol. The second-order valence-corrected chi connectivity index (χ2v) is 4.54. The van der Waals surface area contributed by atoms with E-state index in [0.717, 1.165) is 0 Å². The summed E-state index contributed by atoms with van der Waals surface area (Å²) in [5.41, 5.74) is 0.366. The van der Waals surface area contributed by atoms with Crippen LogP contribution in [0.1, 0.15) is 15.9 Å². The molecule has 0 spiro atoms. The number of ether oxygens (including phenoxy) is 1. The van der Waals surface area contributed by atoms with Crippen molar-refractivity contribution in [3.63, 3.8) is 0 Å². The molecule has 7 heteroatoms. The van der Waals surface area contributed by atoms with Crippen LogP contribution in [0.2, 0.25) is 5.02 Å². The smallest absolute Gasteiger partial charge is 0.341 e. The van der Waals surface area contributed by atoms with Crippen molar-refractivity contribution < 1.29 is 19.6 Å². The quantitative estimate of drug-likeness (QED) is 0.674. The highest BCUT2D eigenvalue weighted by Gasteiger charge is 2.16. The van der Waals surface area contributed by atoms with E-state index in [4.69, 9.17) is 21.4 Å². The van der Waals surface area contributed by atoms with Crippen molar-refractivity contribution in [2.24, 2.45) is 0 Å². The summed E-state index contributed by atoms with van der Waals surface area (Å²) in [6.45, 7) is 0.00228. The summed E-state index contributed by atoms with van der Waals surface area (Å²) in [4.78, 5) is 21.3. The van der Waals surface area contributed by atoms with Gasteiger partial charge in [0.15, 0.2) is 0 Å². The van der Waals surface area contributed by atoms with Crippen LogP contribution in [0, 0.1) is 10.1 Å². The van der Waals surface area contributed by atoms with Gasteiger partial charge in [0.1, 0.15) is 17.9 Å². The van der Waals surface area contributed by atoms with Gasteiger partial charge in [-0.2, -0.15) is 0 Å². The fraction of sp³-hybridized carbons (Fsp3) is 0.0714. The van der Waals surface area contributed by atoms with E-state index in [1.165, 1.54) is 30.3 Å². The van der Waals surface area contributed by atoms with Crippen LogP contribution in [0.3, 0.4) is 0 Å². The van der Waals surface area contributed by atoms with Crippen molar-refractivity contribution in [3.8, 4) is 5.75 Å². The molecule has 0 amide bonds. The largest absolute Gasteiger partial charge is 0.488 e. The molecule has 0 aromatic heterocycles. The highest BCUT2D eigenvalue weighted by molar-refractivity contribution is 6.33. The van der Waals surface area contributed by atoms with Crippen LogP contribution in [0.25, 0.3) is 0 Å². The Kier molecular flexibility index (Phi) is 4.39. The molecule has 0 atom stereocenters. The summed E-state index contributed by atoms with van der Waals surface area (Å²) in [7, 11) is 0. The van der Waals surface area contributed by atoms with E-state index in [1.807, 2.05) is 0 Å². The molecule has 0 aliphatic carbocycles. The lowest BCUT2D eigenvalue weighted by atomic mass is 10.2. The van der Waals surface area contributed by atoms with Crippen LogP contribution in [0.5, 0.6) is 5.75 Å². The maximum atomic E-state index is 11.1. The predicted molar refractivity (Wildman–Crippen MR) is 75.8 cm³/mol. The summed E-state index contributed by atoms with van der Waals surface area (Å²) in [6.07, 6.45) is 0. The van der Waals surface area contributed by atoms with Gasteiger partial charge in [-0.15, -0.1) is 0 Å². The Hall–Kier alpha value is -2.60. The molecule has 0 saturated carbocycles. The van der Waals surface area contributed by atoms with E-state index in [0.29, 0.717) is 5.56 Å². The molecule has 2 aromatic rings. The van der Waals surface area contributed by atoms with Crippen molar-refractivity contribution in [1.82, 2.24) is 0 Å². The Labute approximate surface area is 124 Å². The Balaban J connectivity index is 2.21. The molecular formula is C14H10ClNO5. The number of hydrogen-bond donors (Lipinski definition) is 1. The number of non-ortho nitro benzene ring substituents is 1. The summed E-state index contributed by atoms with van der Waals surface area (Å²) in [5, 5.41) is 19.9. The minimum atomic E-state index is -1.20. The summed E-state index contributed by atoms with van der Waals surface area (Å²) in [6, 6.07) is 10.4. The summed E-state index contributed by atoms with van der Waals surface area (Å²) in [5.74, 6) is -1.09. The number of halogens is 1. The zero-order valence-electron chi connectivity index (χ0n) is 10.7. The molecule has 108 valence electrons. The van der Waals surface area contributed by atoms with Crippen LogP contribution in [0.4, 0.5) is 5.69 Å². The highest BCUT2D eigenvalue weighted by atomic mass is 35.5. The van der Waals surface area contributed by atoms with Crippen LogP contribution in [0.15, 0.2) is 42.5 Å². The number of hydrogen-bond acceptors (Lipinski definition) is 4. The average molecular weight is 308 g/mol. The molecule has 0 bridgehead atoms. The Morgan fingerprint density at radius 1 is 1.29 bits per heavy atom. The molecule has 2 rings (SSSR count). The molecule has 1 N–H and O–H groups in total. The Morgan fingerprint density at radius 2 is 2.00 bits per heavy atom. The average Bonchev–Trinajstić information content (AvgIpc) is 2.45. The van der Waals surface area contributed by atoms with Crippen LogP contribution in [-0.2, 0) is 6.61 Å². The van der Waals surface area contributed by atoms with Crippen molar-refractivity contribution >= 4 is 23.3 Å². The fourth-order valence-corrected chi connectivity index (χ4v) is 2.00. The molecule has 0 heterocycles. The second kappa shape index (κ2) is 6.23. The van der Waals surface area contributed by atoms with Gasteiger partial charge >= 0.3 is 5.97 Å². The third kappa shape index (κ3) is 3.49. The van der Waals surface area contributed by atoms with E-state index in [1.54, 1.807) is 12.1 Å². The van der Waals surface area contributed by atoms with Crippen LogP contribution >= 0.6 is 11.6 Å². The maximum Gasteiger partial charge on any atom is 0.341 e. The first kappa shape index (κ1) is 14.8. The summed E-state index contributed by atoms with van der Waals surface area (Å²) >= 11 is 5.82. The van der Waals surface area contributed by atoms with Gasteiger partial charge in [0.05, 0.1) is 9.95 Å². The van der Waals surface area contributed by atoms with Gasteiger partial charge in [-0.1, -0.05) is 29.8 Å². The van der Waals surface area contributed by atoms with Crippen molar-refractivity contribution in [1.29, 1.82) is 0 Å². The predicted octanol–water partition coefficient (Wildman–Crippen LogP) is 3.53. The third-order valence-electron chi connectivity index (χ3n) is 2.70. The zero-order valence-corrected chi connectivity index (χ0v) is 11.4. The van der Waals surface area contributed by atoms with Gasteiger partial charge in [-0.25, -0.2) is 4.79 Å². The Morgan fingerprint density at radius 3 is 2.67 bits per heavy atom. The molecule has 2 aromatic carbocycles. The number of nitrogens with zero attached hydrogens (tertiary/aromatic N) is 1. The zero-order chi connectivity index (χ0) is 15.4. The normalized spacial score (nSPS) is 10.1. The third-order valence-corrected chi connectivity index (χ3v) is 3.02. The maximum absolute atomic E-state index is 11.1. The molecular weight excluding hydrogens is 298 g/mol. The number of aromatic carboxylic acids is 1. The molecule has 21 heavy (non-hydrogen) atoms. The lowest BCUT2D eigenvalue weighted by molar-refractivity contribution is -0.384. The van der Waals surface area contributed by atoms with E-state index in [-0.39, 0.29) is 28.6 Å². The molecule has 0 unspecified atom stereocenters. The second-order valence-electron chi connectivity index (χ2n) is 4.13. The van der Waals surface area contributed by atoms with Gasteiger partial charge < -0.3 is 9.84 Å². The minimum Gasteiger partial charge on any atom is -0.488 e. The number of carboxylic acid groups (broad SMARTS) is 1. The van der Waals surface area contributed by atoms with Gasteiger partial charge in [-0.3, -0.25) is 10.1 Å². The number of benzene rings is 2. The number of carbonyl (C=O) groups is 1. The SMILES string of the molecule is O=C(O)c1c(Cl)cccc1OCc1cccc([N+](=O)[O-])c1. The van der Waals surface area contributed by atoms with Gasteiger partial charge in [0, 0.05) is 12.1 Å². The number of rotatable bonds is 5. The van der Waals surface area contributed by atoms with Gasteiger partial charge in [0.25, 0.3) is 5.69 Å². The Bertz CT molecular complexity index is 702. The molecule has 0 radical (unpaired) electrons. The van der Waals surface area contributed by atoms with Gasteiger partial charge in [-0.05, 0) is 17.7 Å². The molecule has 0 saturated heterocycles. The van der Waals surface area contributed by atoms with Crippen LogP contribution < -0.4 is 4.74 Å². The fourth-order valence-electron chi connectivity index (χ4n) is 1.75. The van der Waals surface area contributed by atoms with E-state index in [9.17, 15) is 14.9 Å². The first-order valence-electron chi connectivity index (χ1n) is 5.87.